The molecule has 0 spiro atoms. The first kappa shape index (κ1) is 18.5. The summed E-state index contributed by atoms with van der Waals surface area (Å²) in [5.41, 5.74) is 0.575. The van der Waals surface area contributed by atoms with Gasteiger partial charge in [0.15, 0.2) is 5.71 Å². The van der Waals surface area contributed by atoms with Gasteiger partial charge in [-0.15, -0.1) is 6.42 Å². The molecule has 1 rings (SSSR count). The second-order valence-corrected chi connectivity index (χ2v) is 4.99. The van der Waals surface area contributed by atoms with E-state index in [0.29, 0.717) is 11.3 Å². The zero-order valence-corrected chi connectivity index (χ0v) is 13.7. The number of para-hydroxylation sites is 1. The zero-order valence-electron chi connectivity index (χ0n) is 12.9. The van der Waals surface area contributed by atoms with E-state index >= 15 is 0 Å². The minimum absolute atomic E-state index is 0.117. The van der Waals surface area contributed by atoms with E-state index < -0.39 is 17.0 Å². The van der Waals surface area contributed by atoms with Gasteiger partial charge in [0.2, 0.25) is 11.1 Å². The van der Waals surface area contributed by atoms with Crippen molar-refractivity contribution >= 4 is 28.8 Å². The first-order chi connectivity index (χ1) is 11.1. The molecule has 1 atom stereocenters. The van der Waals surface area contributed by atoms with Crippen molar-refractivity contribution < 1.29 is 22.8 Å². The second-order valence-electron chi connectivity index (χ2n) is 4.04. The van der Waals surface area contributed by atoms with Crippen LogP contribution < -0.4 is 4.74 Å². The maximum absolute atomic E-state index is 11.8. The van der Waals surface area contributed by atoms with Crippen LogP contribution in [0.1, 0.15) is 12.5 Å². The molecule has 0 aromatic heterocycles. The van der Waals surface area contributed by atoms with Crippen molar-refractivity contribution in [3.05, 3.63) is 35.9 Å². The van der Waals surface area contributed by atoms with Crippen molar-refractivity contribution in [2.24, 2.45) is 5.16 Å². The number of hydrogen-bond acceptors (Lipinski definition) is 6. The fraction of sp³-hybridized carbons (Fsp3) is 0.250. The molecular formula is C16H17NO5S. The number of terminal acetylenes is 1. The molecule has 0 saturated heterocycles. The Hall–Kier alpha value is -2.59. The molecule has 0 radical (unpaired) electrons. The number of hydrogen-bond donors (Lipinski definition) is 0. The van der Waals surface area contributed by atoms with Crippen LogP contribution in [0.3, 0.4) is 0 Å². The van der Waals surface area contributed by atoms with Gasteiger partial charge in [-0.2, -0.15) is 0 Å². The summed E-state index contributed by atoms with van der Waals surface area (Å²) in [4.78, 5) is 11.8. The van der Waals surface area contributed by atoms with Gasteiger partial charge in [0, 0.05) is 5.56 Å². The van der Waals surface area contributed by atoms with Crippen molar-refractivity contribution in [2.45, 2.75) is 6.92 Å². The van der Waals surface area contributed by atoms with Gasteiger partial charge in [-0.1, -0.05) is 29.3 Å². The Labute approximate surface area is 137 Å². The lowest BCUT2D eigenvalue weighted by Gasteiger charge is -2.06. The Kier molecular flexibility index (Phi) is 8.18. The summed E-state index contributed by atoms with van der Waals surface area (Å²) < 4.78 is 25.8. The molecule has 0 amide bonds. The third-order valence-electron chi connectivity index (χ3n) is 2.38. The Balaban J connectivity index is 3.01. The number of carbonyl (C=O) groups excluding carboxylic acids is 1. The van der Waals surface area contributed by atoms with Gasteiger partial charge in [-0.3, -0.25) is 4.28 Å². The monoisotopic (exact) mass is 335 g/mol. The second kappa shape index (κ2) is 10.2. The van der Waals surface area contributed by atoms with Crippen LogP contribution >= 0.6 is 0 Å². The van der Waals surface area contributed by atoms with Crippen LogP contribution in [0.2, 0.25) is 0 Å². The van der Waals surface area contributed by atoms with Crippen molar-refractivity contribution in [3.8, 4) is 18.1 Å². The number of oxime groups is 1. The molecule has 6 nitrogen and oxygen atoms in total. The van der Waals surface area contributed by atoms with Crippen molar-refractivity contribution in [1.29, 1.82) is 0 Å². The third-order valence-corrected chi connectivity index (χ3v) is 2.66. The van der Waals surface area contributed by atoms with Crippen LogP contribution in [0.4, 0.5) is 0 Å². The number of ether oxygens (including phenoxy) is 2. The summed E-state index contributed by atoms with van der Waals surface area (Å²) >= 11 is -1.64. The van der Waals surface area contributed by atoms with E-state index in [1.807, 2.05) is 0 Å². The Morgan fingerprint density at radius 3 is 2.83 bits per heavy atom. The minimum Gasteiger partial charge on any atom is -0.480 e. The fourth-order valence-corrected chi connectivity index (χ4v) is 1.66. The summed E-state index contributed by atoms with van der Waals surface area (Å²) in [5, 5.41) is 3.53. The normalized spacial score (nSPS) is 12.5. The first-order valence-corrected chi connectivity index (χ1v) is 8.16. The van der Waals surface area contributed by atoms with Crippen LogP contribution in [-0.4, -0.2) is 35.4 Å². The lowest BCUT2D eigenvalue weighted by Crippen LogP contribution is -2.16. The lowest BCUT2D eigenvalue weighted by atomic mass is 10.1. The summed E-state index contributed by atoms with van der Waals surface area (Å²) in [6.45, 7) is 1.98. The maximum Gasteiger partial charge on any atom is 0.360 e. The van der Waals surface area contributed by atoms with Gasteiger partial charge in [0.05, 0.1) is 12.9 Å². The number of esters is 1. The molecule has 1 aromatic carbocycles. The van der Waals surface area contributed by atoms with Crippen molar-refractivity contribution in [1.82, 2.24) is 0 Å². The van der Waals surface area contributed by atoms with Crippen LogP contribution in [0.5, 0.6) is 5.75 Å². The van der Waals surface area contributed by atoms with E-state index in [1.165, 1.54) is 12.3 Å². The molecule has 0 aliphatic rings. The average Bonchev–Trinajstić information content (AvgIpc) is 2.53. The Morgan fingerprint density at radius 2 is 2.17 bits per heavy atom. The molecular weight excluding hydrogens is 318 g/mol. The van der Waals surface area contributed by atoms with Crippen LogP contribution in [0.25, 0.3) is 6.08 Å². The highest BCUT2D eigenvalue weighted by atomic mass is 32.2. The van der Waals surface area contributed by atoms with Crippen LogP contribution in [0, 0.1) is 12.3 Å². The summed E-state index contributed by atoms with van der Waals surface area (Å²) in [7, 11) is 0. The zero-order chi connectivity index (χ0) is 17.1. The number of carbonyl (C=O) groups is 1. The molecule has 1 unspecified atom stereocenters. The largest absolute Gasteiger partial charge is 0.480 e. The average molecular weight is 335 g/mol. The Bertz CT molecular complexity index is 661. The summed E-state index contributed by atoms with van der Waals surface area (Å²) in [6, 6.07) is 7.13. The number of nitrogens with zero attached hydrogens (tertiary/aromatic N) is 1. The molecule has 0 heterocycles. The van der Waals surface area contributed by atoms with Gasteiger partial charge in [-0.05, 0) is 25.1 Å². The highest BCUT2D eigenvalue weighted by Crippen LogP contribution is 2.19. The highest BCUT2D eigenvalue weighted by Gasteiger charge is 2.11. The van der Waals surface area contributed by atoms with Gasteiger partial charge in [0.1, 0.15) is 12.4 Å². The van der Waals surface area contributed by atoms with E-state index in [0.717, 1.165) is 0 Å². The molecule has 122 valence electrons. The molecule has 23 heavy (non-hydrogen) atoms. The fourth-order valence-electron chi connectivity index (χ4n) is 1.47. The van der Waals surface area contributed by atoms with E-state index in [4.69, 9.17) is 15.9 Å². The third kappa shape index (κ3) is 6.80. The molecule has 0 aliphatic carbocycles. The lowest BCUT2D eigenvalue weighted by molar-refractivity contribution is -0.135. The predicted molar refractivity (Wildman–Crippen MR) is 89.0 cm³/mol. The van der Waals surface area contributed by atoms with E-state index in [-0.39, 0.29) is 18.9 Å². The summed E-state index contributed by atoms with van der Waals surface area (Å²) in [5.74, 6) is 2.25. The SMILES string of the molecule is C#CCOc1ccccc1/C=C/C(=N/OS(C)=O)C(=O)OCC. The number of benzene rings is 1. The molecule has 0 fully saturated rings. The Morgan fingerprint density at radius 1 is 1.43 bits per heavy atom. The molecule has 1 aromatic rings. The summed E-state index contributed by atoms with van der Waals surface area (Å²) in [6.07, 6.45) is 9.45. The van der Waals surface area contributed by atoms with Crippen LogP contribution in [0.15, 0.2) is 35.5 Å². The van der Waals surface area contributed by atoms with Gasteiger partial charge >= 0.3 is 5.97 Å². The maximum atomic E-state index is 11.8. The van der Waals surface area contributed by atoms with Crippen molar-refractivity contribution in [2.75, 3.05) is 19.5 Å². The molecule has 0 aliphatic heterocycles. The highest BCUT2D eigenvalue weighted by molar-refractivity contribution is 7.79. The van der Waals surface area contributed by atoms with E-state index in [2.05, 4.69) is 15.4 Å². The van der Waals surface area contributed by atoms with Gasteiger partial charge < -0.3 is 9.47 Å². The first-order valence-electron chi connectivity index (χ1n) is 6.67. The minimum atomic E-state index is -1.64. The molecule has 0 bridgehead atoms. The van der Waals surface area contributed by atoms with Gasteiger partial charge in [0.25, 0.3) is 0 Å². The molecule has 0 saturated carbocycles. The van der Waals surface area contributed by atoms with Crippen LogP contribution in [-0.2, 0) is 24.9 Å². The van der Waals surface area contributed by atoms with E-state index in [9.17, 15) is 9.00 Å². The standard InChI is InChI=1S/C16H17NO5S/c1-4-12-21-15-9-7-6-8-13(15)10-11-14(16(18)20-5-2)17-22-23(3)19/h1,6-11H,5,12H2,2-3H3/b11-10+,17-14-. The quantitative estimate of drug-likeness (QED) is 0.314. The van der Waals surface area contributed by atoms with E-state index in [1.54, 1.807) is 37.3 Å². The topological polar surface area (TPSA) is 74.2 Å². The molecule has 0 N–H and O–H groups in total. The van der Waals surface area contributed by atoms with Gasteiger partial charge in [-0.25, -0.2) is 9.00 Å². The molecule has 7 heteroatoms. The number of rotatable bonds is 8. The van der Waals surface area contributed by atoms with Crippen molar-refractivity contribution in [3.63, 3.8) is 0 Å². The smallest absolute Gasteiger partial charge is 0.360 e. The predicted octanol–water partition coefficient (Wildman–Crippen LogP) is 1.94.